The molecule has 0 atom stereocenters. The molecule has 0 aromatic carbocycles. The van der Waals surface area contributed by atoms with Gasteiger partial charge in [-0.15, -0.1) is 0 Å². The van der Waals surface area contributed by atoms with E-state index < -0.39 is 0 Å². The number of imidazole rings is 1. The van der Waals surface area contributed by atoms with Crippen molar-refractivity contribution in [1.82, 2.24) is 29.5 Å². The number of nitrogens with zero attached hydrogens (tertiary/aromatic N) is 6. The fourth-order valence-electron chi connectivity index (χ4n) is 1.29. The SMILES string of the molecule is NNc1nc(Sc2ncco2)nc(-n2ccnc2)n1. The van der Waals surface area contributed by atoms with Crippen molar-refractivity contribution in [3.8, 4) is 5.95 Å². The van der Waals surface area contributed by atoms with Crippen molar-refractivity contribution in [2.45, 2.75) is 10.4 Å². The van der Waals surface area contributed by atoms with E-state index in [0.717, 1.165) is 0 Å². The molecule has 0 saturated heterocycles. The molecule has 3 aromatic rings. The molecule has 0 aliphatic heterocycles. The number of nitrogens with two attached hydrogens (primary N) is 1. The van der Waals surface area contributed by atoms with Crippen LogP contribution in [-0.4, -0.2) is 29.5 Å². The quantitative estimate of drug-likeness (QED) is 0.517. The van der Waals surface area contributed by atoms with Crippen LogP contribution in [0.2, 0.25) is 0 Å². The smallest absolute Gasteiger partial charge is 0.263 e. The van der Waals surface area contributed by atoms with E-state index in [1.165, 1.54) is 18.0 Å². The predicted octanol–water partition coefficient (Wildman–Crippen LogP) is 0.482. The van der Waals surface area contributed by atoms with E-state index in [1.54, 1.807) is 29.5 Å². The van der Waals surface area contributed by atoms with Gasteiger partial charge >= 0.3 is 0 Å². The monoisotopic (exact) mass is 276 g/mol. The van der Waals surface area contributed by atoms with Gasteiger partial charge in [0.25, 0.3) is 5.22 Å². The van der Waals surface area contributed by atoms with E-state index in [0.29, 0.717) is 16.3 Å². The van der Waals surface area contributed by atoms with Crippen molar-refractivity contribution in [1.29, 1.82) is 0 Å². The molecule has 0 fully saturated rings. The number of hydrazine groups is 1. The molecule has 96 valence electrons. The molecule has 9 nitrogen and oxygen atoms in total. The molecule has 0 radical (unpaired) electrons. The molecule has 0 amide bonds. The fourth-order valence-corrected chi connectivity index (χ4v) is 1.92. The minimum Gasteiger partial charge on any atom is -0.440 e. The summed E-state index contributed by atoms with van der Waals surface area (Å²) in [5.74, 6) is 5.98. The van der Waals surface area contributed by atoms with E-state index in [1.807, 2.05) is 0 Å². The Morgan fingerprint density at radius 1 is 1.26 bits per heavy atom. The van der Waals surface area contributed by atoms with Crippen molar-refractivity contribution in [2.24, 2.45) is 5.84 Å². The summed E-state index contributed by atoms with van der Waals surface area (Å²) in [6.07, 6.45) is 7.94. The second-order valence-corrected chi connectivity index (χ2v) is 4.17. The normalized spacial score (nSPS) is 10.6. The first-order valence-electron chi connectivity index (χ1n) is 5.13. The highest BCUT2D eigenvalue weighted by Crippen LogP contribution is 2.23. The Morgan fingerprint density at radius 3 is 2.89 bits per heavy atom. The molecule has 0 spiro atoms. The number of aromatic nitrogens is 6. The lowest BCUT2D eigenvalue weighted by Gasteiger charge is -2.04. The summed E-state index contributed by atoms with van der Waals surface area (Å²) in [5, 5.41) is 0.847. The lowest BCUT2D eigenvalue weighted by molar-refractivity contribution is 0.453. The van der Waals surface area contributed by atoms with Crippen LogP contribution in [0.25, 0.3) is 5.95 Å². The first-order chi connectivity index (χ1) is 9.35. The first kappa shape index (κ1) is 11.6. The van der Waals surface area contributed by atoms with Crippen LogP contribution in [0.15, 0.2) is 46.0 Å². The lowest BCUT2D eigenvalue weighted by Crippen LogP contribution is -2.13. The van der Waals surface area contributed by atoms with Crippen LogP contribution in [0.3, 0.4) is 0 Å². The summed E-state index contributed by atoms with van der Waals surface area (Å²) < 4.78 is 6.76. The van der Waals surface area contributed by atoms with Gasteiger partial charge in [-0.25, -0.2) is 15.8 Å². The highest BCUT2D eigenvalue weighted by atomic mass is 32.2. The highest BCUT2D eigenvalue weighted by molar-refractivity contribution is 7.98. The van der Waals surface area contributed by atoms with Gasteiger partial charge in [0.2, 0.25) is 17.1 Å². The third kappa shape index (κ3) is 2.53. The first-order valence-corrected chi connectivity index (χ1v) is 5.95. The Bertz CT molecular complexity index is 653. The van der Waals surface area contributed by atoms with E-state index >= 15 is 0 Å². The summed E-state index contributed by atoms with van der Waals surface area (Å²) in [4.78, 5) is 20.4. The molecule has 3 rings (SSSR count). The van der Waals surface area contributed by atoms with Crippen LogP contribution < -0.4 is 11.3 Å². The number of nitrogens with one attached hydrogen (secondary N) is 1. The molecule has 0 aliphatic rings. The van der Waals surface area contributed by atoms with E-state index in [2.05, 4.69) is 30.3 Å². The zero-order chi connectivity index (χ0) is 13.1. The van der Waals surface area contributed by atoms with Crippen LogP contribution in [0, 0.1) is 0 Å². The number of nitrogen functional groups attached to an aromatic ring is 1. The number of anilines is 1. The van der Waals surface area contributed by atoms with Crippen LogP contribution in [-0.2, 0) is 0 Å². The van der Waals surface area contributed by atoms with E-state index in [-0.39, 0.29) is 5.95 Å². The third-order valence-electron chi connectivity index (χ3n) is 2.06. The topological polar surface area (TPSA) is 121 Å². The molecular weight excluding hydrogens is 268 g/mol. The maximum Gasteiger partial charge on any atom is 0.263 e. The highest BCUT2D eigenvalue weighted by Gasteiger charge is 2.10. The van der Waals surface area contributed by atoms with Crippen LogP contribution in [0.5, 0.6) is 0 Å². The van der Waals surface area contributed by atoms with Gasteiger partial charge in [-0.2, -0.15) is 15.0 Å². The molecule has 3 N–H and O–H groups in total. The van der Waals surface area contributed by atoms with Gasteiger partial charge in [-0.3, -0.25) is 9.99 Å². The molecule has 10 heteroatoms. The predicted molar refractivity (Wildman–Crippen MR) is 65.4 cm³/mol. The minimum atomic E-state index is 0.243. The molecule has 19 heavy (non-hydrogen) atoms. The minimum absolute atomic E-state index is 0.243. The van der Waals surface area contributed by atoms with E-state index in [4.69, 9.17) is 10.3 Å². The van der Waals surface area contributed by atoms with Gasteiger partial charge in [-0.1, -0.05) is 0 Å². The van der Waals surface area contributed by atoms with Gasteiger partial charge in [0.1, 0.15) is 12.6 Å². The summed E-state index contributed by atoms with van der Waals surface area (Å²) in [6.45, 7) is 0. The average molecular weight is 276 g/mol. The Balaban J connectivity index is 1.98. The Labute approximate surface area is 111 Å². The molecule has 0 bridgehead atoms. The number of oxazole rings is 1. The summed E-state index contributed by atoms with van der Waals surface area (Å²) in [5.41, 5.74) is 2.39. The summed E-state index contributed by atoms with van der Waals surface area (Å²) in [7, 11) is 0. The molecular formula is C9H8N8OS. The molecule has 3 heterocycles. The standard InChI is InChI=1S/C9H8N8OS/c10-16-6-13-7(17-3-1-11-5-17)15-8(14-6)19-9-12-2-4-18-9/h1-5H,10H2,(H,13,14,15,16). The average Bonchev–Trinajstić information content (AvgIpc) is 3.11. The van der Waals surface area contributed by atoms with Crippen LogP contribution in [0.4, 0.5) is 5.95 Å². The van der Waals surface area contributed by atoms with Crippen molar-refractivity contribution in [3.63, 3.8) is 0 Å². The number of hydrogen-bond donors (Lipinski definition) is 2. The molecule has 3 aromatic heterocycles. The van der Waals surface area contributed by atoms with Gasteiger partial charge in [0.05, 0.1) is 6.20 Å². The van der Waals surface area contributed by atoms with Crippen molar-refractivity contribution >= 4 is 17.7 Å². The van der Waals surface area contributed by atoms with Crippen LogP contribution in [0.1, 0.15) is 0 Å². The number of hydrogen-bond acceptors (Lipinski definition) is 9. The van der Waals surface area contributed by atoms with E-state index in [9.17, 15) is 0 Å². The second kappa shape index (κ2) is 5.04. The summed E-state index contributed by atoms with van der Waals surface area (Å²) >= 11 is 1.17. The van der Waals surface area contributed by atoms with Gasteiger partial charge in [0, 0.05) is 24.2 Å². The second-order valence-electron chi connectivity index (χ2n) is 3.26. The van der Waals surface area contributed by atoms with Gasteiger partial charge in [0.15, 0.2) is 0 Å². The number of rotatable bonds is 4. The summed E-state index contributed by atoms with van der Waals surface area (Å²) in [6, 6.07) is 0. The van der Waals surface area contributed by atoms with Gasteiger partial charge in [-0.05, 0) is 0 Å². The molecule has 0 aliphatic carbocycles. The van der Waals surface area contributed by atoms with Crippen molar-refractivity contribution in [3.05, 3.63) is 31.2 Å². The largest absolute Gasteiger partial charge is 0.440 e. The fraction of sp³-hybridized carbons (Fsp3) is 0. The van der Waals surface area contributed by atoms with Crippen molar-refractivity contribution in [2.75, 3.05) is 5.43 Å². The Kier molecular flexibility index (Phi) is 3.08. The van der Waals surface area contributed by atoms with Crippen molar-refractivity contribution < 1.29 is 4.42 Å². The maximum atomic E-state index is 5.34. The maximum absolute atomic E-state index is 5.34. The zero-order valence-electron chi connectivity index (χ0n) is 9.46. The van der Waals surface area contributed by atoms with Crippen LogP contribution >= 0.6 is 11.8 Å². The Hall–Kier alpha value is -2.46. The lowest BCUT2D eigenvalue weighted by atomic mass is 10.8. The molecule has 0 unspecified atom stereocenters. The molecule has 0 saturated carbocycles. The Morgan fingerprint density at radius 2 is 2.21 bits per heavy atom. The van der Waals surface area contributed by atoms with Gasteiger partial charge < -0.3 is 4.42 Å². The zero-order valence-corrected chi connectivity index (χ0v) is 10.3. The third-order valence-corrected chi connectivity index (χ3v) is 2.80.